The van der Waals surface area contributed by atoms with Crippen molar-refractivity contribution >= 4 is 27.5 Å². The maximum absolute atomic E-state index is 13.4. The van der Waals surface area contributed by atoms with E-state index in [1.54, 1.807) is 6.20 Å². The summed E-state index contributed by atoms with van der Waals surface area (Å²) in [5.74, 6) is 1.14. The van der Waals surface area contributed by atoms with Gasteiger partial charge in [0.2, 0.25) is 5.89 Å². The summed E-state index contributed by atoms with van der Waals surface area (Å²) in [6.45, 7) is 2.98. The van der Waals surface area contributed by atoms with Crippen LogP contribution in [0, 0.1) is 0 Å². The molecule has 0 saturated carbocycles. The first kappa shape index (κ1) is 20.5. The Morgan fingerprint density at radius 3 is 2.28 bits per heavy atom. The first-order chi connectivity index (χ1) is 15.7. The van der Waals surface area contributed by atoms with Crippen molar-refractivity contribution in [1.29, 1.82) is 0 Å². The van der Waals surface area contributed by atoms with Gasteiger partial charge in [-0.05, 0) is 36.4 Å². The van der Waals surface area contributed by atoms with E-state index in [0.717, 1.165) is 23.1 Å². The highest BCUT2D eigenvalue weighted by molar-refractivity contribution is 9.10. The van der Waals surface area contributed by atoms with Crippen molar-refractivity contribution in [1.82, 2.24) is 9.88 Å². The molecule has 0 N–H and O–H groups in total. The molecule has 5 rings (SSSR count). The summed E-state index contributed by atoms with van der Waals surface area (Å²) in [6, 6.07) is 25.7. The highest BCUT2D eigenvalue weighted by Gasteiger charge is 2.25. The zero-order chi connectivity index (χ0) is 21.9. The third-order valence-corrected chi connectivity index (χ3v) is 6.24. The molecule has 3 aromatic carbocycles. The Morgan fingerprint density at radius 1 is 0.844 bits per heavy atom. The van der Waals surface area contributed by atoms with Gasteiger partial charge in [0.05, 0.1) is 11.8 Å². The molecule has 0 radical (unpaired) electrons. The Bertz CT molecular complexity index is 1210. The van der Waals surface area contributed by atoms with E-state index < -0.39 is 0 Å². The minimum Gasteiger partial charge on any atom is -0.436 e. The molecule has 6 heteroatoms. The largest absolute Gasteiger partial charge is 0.436 e. The maximum atomic E-state index is 13.4. The van der Waals surface area contributed by atoms with Gasteiger partial charge in [-0.15, -0.1) is 0 Å². The van der Waals surface area contributed by atoms with Gasteiger partial charge in [0.25, 0.3) is 5.91 Å². The van der Waals surface area contributed by atoms with E-state index in [1.165, 1.54) is 5.69 Å². The normalized spacial score (nSPS) is 13.9. The number of piperazine rings is 1. The van der Waals surface area contributed by atoms with Crippen LogP contribution in [0.3, 0.4) is 0 Å². The van der Waals surface area contributed by atoms with Crippen molar-refractivity contribution < 1.29 is 9.21 Å². The Kier molecular flexibility index (Phi) is 5.77. The molecule has 1 aliphatic rings. The second-order valence-electron chi connectivity index (χ2n) is 7.70. The van der Waals surface area contributed by atoms with Crippen molar-refractivity contribution in [3.8, 4) is 22.8 Å². The molecular weight excluding hydrogens is 466 g/mol. The molecule has 0 atom stereocenters. The number of anilines is 1. The third-order valence-electron chi connectivity index (χ3n) is 5.71. The lowest BCUT2D eigenvalue weighted by molar-refractivity contribution is 0.0747. The van der Waals surface area contributed by atoms with Gasteiger partial charge >= 0.3 is 0 Å². The molecule has 0 bridgehead atoms. The SMILES string of the molecule is O=C(c1ccccc1-c1ncc(-c2ccc(Br)cc2)o1)N1CCN(c2ccccc2)CC1. The number of oxazole rings is 1. The second-order valence-corrected chi connectivity index (χ2v) is 8.61. The fourth-order valence-corrected chi connectivity index (χ4v) is 4.24. The predicted octanol–water partition coefficient (Wildman–Crippen LogP) is 5.73. The van der Waals surface area contributed by atoms with E-state index in [9.17, 15) is 4.79 Å². The number of carbonyl (C=O) groups is 1. The van der Waals surface area contributed by atoms with Crippen molar-refractivity contribution in [2.75, 3.05) is 31.1 Å². The lowest BCUT2D eigenvalue weighted by Gasteiger charge is -2.36. The molecule has 32 heavy (non-hydrogen) atoms. The van der Waals surface area contributed by atoms with Gasteiger partial charge in [-0.25, -0.2) is 4.98 Å². The fraction of sp³-hybridized carbons (Fsp3) is 0.154. The van der Waals surface area contributed by atoms with E-state index in [1.807, 2.05) is 71.6 Å². The molecule has 0 spiro atoms. The van der Waals surface area contributed by atoms with Crippen LogP contribution in [0.15, 0.2) is 93.9 Å². The standard InChI is InChI=1S/C26H22BrN3O2/c27-20-12-10-19(11-13-20)24-18-28-25(32-24)22-8-4-5-9-23(22)26(31)30-16-14-29(15-17-30)21-6-2-1-3-7-21/h1-13,18H,14-17H2. The van der Waals surface area contributed by atoms with Gasteiger partial charge in [0.15, 0.2) is 5.76 Å². The Labute approximate surface area is 195 Å². The van der Waals surface area contributed by atoms with Crippen molar-refractivity contribution in [3.63, 3.8) is 0 Å². The lowest BCUT2D eigenvalue weighted by atomic mass is 10.1. The molecular formula is C26H22BrN3O2. The summed E-state index contributed by atoms with van der Waals surface area (Å²) >= 11 is 3.45. The number of hydrogen-bond acceptors (Lipinski definition) is 4. The monoisotopic (exact) mass is 487 g/mol. The molecule has 4 aromatic rings. The molecule has 2 heterocycles. The highest BCUT2D eigenvalue weighted by Crippen LogP contribution is 2.30. The molecule has 1 aromatic heterocycles. The Morgan fingerprint density at radius 2 is 1.53 bits per heavy atom. The number of nitrogens with zero attached hydrogens (tertiary/aromatic N) is 3. The minimum atomic E-state index is 0.0108. The van der Waals surface area contributed by atoms with Crippen LogP contribution in [0.5, 0.6) is 0 Å². The summed E-state index contributed by atoms with van der Waals surface area (Å²) in [6.07, 6.45) is 1.71. The van der Waals surface area contributed by atoms with E-state index in [-0.39, 0.29) is 5.91 Å². The van der Waals surface area contributed by atoms with Gasteiger partial charge in [-0.2, -0.15) is 0 Å². The zero-order valence-corrected chi connectivity index (χ0v) is 19.0. The first-order valence-corrected chi connectivity index (χ1v) is 11.4. The van der Waals surface area contributed by atoms with E-state index in [4.69, 9.17) is 4.42 Å². The first-order valence-electron chi connectivity index (χ1n) is 10.6. The zero-order valence-electron chi connectivity index (χ0n) is 17.4. The molecule has 1 amide bonds. The average molecular weight is 488 g/mol. The van der Waals surface area contributed by atoms with Crippen molar-refractivity contribution in [3.05, 3.63) is 95.1 Å². The summed E-state index contributed by atoms with van der Waals surface area (Å²) in [5, 5.41) is 0. The number of halogens is 1. The third kappa shape index (κ3) is 4.18. The summed E-state index contributed by atoms with van der Waals surface area (Å²) in [5.41, 5.74) is 3.46. The van der Waals surface area contributed by atoms with Crippen LogP contribution in [-0.2, 0) is 0 Å². The second kappa shape index (κ2) is 9.01. The molecule has 160 valence electrons. The maximum Gasteiger partial charge on any atom is 0.254 e. The van der Waals surface area contributed by atoms with Gasteiger partial charge < -0.3 is 14.2 Å². The lowest BCUT2D eigenvalue weighted by Crippen LogP contribution is -2.48. The van der Waals surface area contributed by atoms with Crippen molar-refractivity contribution in [2.24, 2.45) is 0 Å². The summed E-state index contributed by atoms with van der Waals surface area (Å²) in [7, 11) is 0. The van der Waals surface area contributed by atoms with Crippen LogP contribution in [0.4, 0.5) is 5.69 Å². The van der Waals surface area contributed by atoms with Gasteiger partial charge in [-0.1, -0.05) is 58.4 Å². The van der Waals surface area contributed by atoms with E-state index in [0.29, 0.717) is 35.9 Å². The number of para-hydroxylation sites is 1. The minimum absolute atomic E-state index is 0.0108. The van der Waals surface area contributed by atoms with Crippen molar-refractivity contribution in [2.45, 2.75) is 0 Å². The van der Waals surface area contributed by atoms with E-state index >= 15 is 0 Å². The topological polar surface area (TPSA) is 49.6 Å². The number of hydrogen-bond donors (Lipinski definition) is 0. The smallest absolute Gasteiger partial charge is 0.254 e. The molecule has 0 aliphatic carbocycles. The molecule has 5 nitrogen and oxygen atoms in total. The Balaban J connectivity index is 1.35. The molecule has 0 unspecified atom stereocenters. The average Bonchev–Trinajstić information content (AvgIpc) is 3.35. The highest BCUT2D eigenvalue weighted by atomic mass is 79.9. The number of rotatable bonds is 4. The van der Waals surface area contributed by atoms with Crippen LogP contribution in [-0.4, -0.2) is 42.0 Å². The van der Waals surface area contributed by atoms with Crippen LogP contribution in [0.1, 0.15) is 10.4 Å². The van der Waals surface area contributed by atoms with Crippen LogP contribution in [0.25, 0.3) is 22.8 Å². The van der Waals surface area contributed by atoms with Gasteiger partial charge in [0, 0.05) is 47.5 Å². The number of carbonyl (C=O) groups excluding carboxylic acids is 1. The Hall–Kier alpha value is -3.38. The van der Waals surface area contributed by atoms with E-state index in [2.05, 4.69) is 37.9 Å². The van der Waals surface area contributed by atoms with Gasteiger partial charge in [-0.3, -0.25) is 4.79 Å². The molecule has 1 fully saturated rings. The number of amides is 1. The van der Waals surface area contributed by atoms with Crippen LogP contribution >= 0.6 is 15.9 Å². The summed E-state index contributed by atoms with van der Waals surface area (Å²) in [4.78, 5) is 22.1. The quantitative estimate of drug-likeness (QED) is 0.368. The number of aromatic nitrogens is 1. The molecule has 1 aliphatic heterocycles. The fourth-order valence-electron chi connectivity index (χ4n) is 3.98. The van der Waals surface area contributed by atoms with Gasteiger partial charge in [0.1, 0.15) is 0 Å². The predicted molar refractivity (Wildman–Crippen MR) is 130 cm³/mol. The van der Waals surface area contributed by atoms with Crippen LogP contribution < -0.4 is 4.90 Å². The van der Waals surface area contributed by atoms with Crippen LogP contribution in [0.2, 0.25) is 0 Å². The number of benzene rings is 3. The molecule has 1 saturated heterocycles. The summed E-state index contributed by atoms with van der Waals surface area (Å²) < 4.78 is 7.05.